The SMILES string of the molecule is COCC1CN(c2ccc[n+]([O-])c2)C(=O)O1. The van der Waals surface area contributed by atoms with Crippen LogP contribution in [0.5, 0.6) is 0 Å². The Balaban J connectivity index is 2.13. The molecule has 6 heteroatoms. The van der Waals surface area contributed by atoms with Gasteiger partial charge in [0.25, 0.3) is 0 Å². The van der Waals surface area contributed by atoms with Crippen molar-refractivity contribution >= 4 is 11.8 Å². The van der Waals surface area contributed by atoms with Gasteiger partial charge in [-0.1, -0.05) is 0 Å². The Hall–Kier alpha value is -1.82. The zero-order valence-electron chi connectivity index (χ0n) is 8.83. The number of nitrogens with zero attached hydrogens (tertiary/aromatic N) is 2. The van der Waals surface area contributed by atoms with Crippen molar-refractivity contribution in [3.05, 3.63) is 29.7 Å². The molecule has 1 saturated heterocycles. The number of pyridine rings is 1. The van der Waals surface area contributed by atoms with Crippen molar-refractivity contribution < 1.29 is 19.0 Å². The average molecular weight is 224 g/mol. The molecule has 0 aromatic carbocycles. The molecule has 0 radical (unpaired) electrons. The Bertz CT molecular complexity index is 396. The lowest BCUT2D eigenvalue weighted by atomic mass is 10.3. The molecule has 0 N–H and O–H groups in total. The predicted octanol–water partition coefficient (Wildman–Crippen LogP) is 0.292. The van der Waals surface area contributed by atoms with Crippen molar-refractivity contribution in [3.8, 4) is 0 Å². The van der Waals surface area contributed by atoms with Crippen LogP contribution in [0.1, 0.15) is 0 Å². The van der Waals surface area contributed by atoms with E-state index in [0.29, 0.717) is 23.6 Å². The summed E-state index contributed by atoms with van der Waals surface area (Å²) in [6, 6.07) is 3.27. The number of carbonyl (C=O) groups excluding carboxylic acids is 1. The normalized spacial score (nSPS) is 19.9. The molecule has 1 amide bonds. The second-order valence-corrected chi connectivity index (χ2v) is 3.49. The number of aromatic nitrogens is 1. The maximum absolute atomic E-state index is 11.5. The van der Waals surface area contributed by atoms with E-state index in [0.717, 1.165) is 0 Å². The second kappa shape index (κ2) is 4.36. The monoisotopic (exact) mass is 224 g/mol. The molecule has 0 spiro atoms. The van der Waals surface area contributed by atoms with Gasteiger partial charge in [0.15, 0.2) is 6.20 Å². The van der Waals surface area contributed by atoms with E-state index in [1.165, 1.54) is 17.3 Å². The minimum absolute atomic E-state index is 0.280. The second-order valence-electron chi connectivity index (χ2n) is 3.49. The van der Waals surface area contributed by atoms with E-state index in [1.807, 2.05) is 0 Å². The number of rotatable bonds is 3. The lowest BCUT2D eigenvalue weighted by molar-refractivity contribution is -0.604. The smallest absolute Gasteiger partial charge is 0.415 e. The van der Waals surface area contributed by atoms with E-state index in [-0.39, 0.29) is 6.10 Å². The summed E-state index contributed by atoms with van der Waals surface area (Å²) in [7, 11) is 1.55. The Kier molecular flexibility index (Phi) is 2.91. The van der Waals surface area contributed by atoms with Gasteiger partial charge >= 0.3 is 6.09 Å². The van der Waals surface area contributed by atoms with Crippen LogP contribution in [-0.4, -0.2) is 32.5 Å². The quantitative estimate of drug-likeness (QED) is 0.546. The lowest BCUT2D eigenvalue weighted by Crippen LogP contribution is -2.30. The maximum Gasteiger partial charge on any atom is 0.415 e. The first kappa shape index (κ1) is 10.7. The van der Waals surface area contributed by atoms with Crippen LogP contribution in [0.4, 0.5) is 10.5 Å². The first-order valence-corrected chi connectivity index (χ1v) is 4.86. The number of cyclic esters (lactones) is 1. The average Bonchev–Trinajstić information content (AvgIpc) is 2.60. The van der Waals surface area contributed by atoms with Crippen molar-refractivity contribution in [1.29, 1.82) is 0 Å². The van der Waals surface area contributed by atoms with Crippen LogP contribution in [-0.2, 0) is 9.47 Å². The van der Waals surface area contributed by atoms with Gasteiger partial charge in [0.1, 0.15) is 11.8 Å². The summed E-state index contributed by atoms with van der Waals surface area (Å²) in [6.45, 7) is 0.753. The Labute approximate surface area is 92.6 Å². The molecule has 2 heterocycles. The minimum Gasteiger partial charge on any atom is -0.619 e. The minimum atomic E-state index is -0.451. The zero-order valence-corrected chi connectivity index (χ0v) is 8.83. The van der Waals surface area contributed by atoms with Crippen LogP contribution in [0.3, 0.4) is 0 Å². The summed E-state index contributed by atoms with van der Waals surface area (Å²) in [6.07, 6.45) is 1.96. The number of methoxy groups -OCH3 is 1. The molecular formula is C10H12N2O4. The van der Waals surface area contributed by atoms with E-state index >= 15 is 0 Å². The topological polar surface area (TPSA) is 65.7 Å². The molecule has 1 aromatic rings. The van der Waals surface area contributed by atoms with Crippen LogP contribution in [0, 0.1) is 5.21 Å². The number of anilines is 1. The summed E-state index contributed by atoms with van der Waals surface area (Å²) < 4.78 is 10.6. The third-order valence-electron chi connectivity index (χ3n) is 2.30. The number of hydrogen-bond donors (Lipinski definition) is 0. The van der Waals surface area contributed by atoms with Crippen LogP contribution < -0.4 is 9.63 Å². The van der Waals surface area contributed by atoms with Crippen molar-refractivity contribution in [2.45, 2.75) is 6.10 Å². The summed E-state index contributed by atoms with van der Waals surface area (Å²) in [4.78, 5) is 12.9. The summed E-state index contributed by atoms with van der Waals surface area (Å²) in [5.41, 5.74) is 0.529. The van der Waals surface area contributed by atoms with E-state index < -0.39 is 6.09 Å². The molecule has 1 aliphatic rings. The van der Waals surface area contributed by atoms with Crippen LogP contribution in [0.25, 0.3) is 0 Å². The summed E-state index contributed by atoms with van der Waals surface area (Å²) in [5, 5.41) is 11.1. The van der Waals surface area contributed by atoms with E-state index in [4.69, 9.17) is 9.47 Å². The fourth-order valence-electron chi connectivity index (χ4n) is 1.61. The number of hydrogen-bond acceptors (Lipinski definition) is 4. The van der Waals surface area contributed by atoms with E-state index in [1.54, 1.807) is 19.2 Å². The molecule has 1 atom stereocenters. The highest BCUT2D eigenvalue weighted by molar-refractivity contribution is 5.89. The largest absolute Gasteiger partial charge is 0.619 e. The van der Waals surface area contributed by atoms with Crippen molar-refractivity contribution in [1.82, 2.24) is 0 Å². The van der Waals surface area contributed by atoms with E-state index in [9.17, 15) is 10.0 Å². The van der Waals surface area contributed by atoms with Gasteiger partial charge in [-0.2, -0.15) is 4.73 Å². The van der Waals surface area contributed by atoms with Crippen LogP contribution >= 0.6 is 0 Å². The number of amides is 1. The highest BCUT2D eigenvalue weighted by Crippen LogP contribution is 2.19. The third-order valence-corrected chi connectivity index (χ3v) is 2.30. The Morgan fingerprint density at radius 2 is 2.56 bits per heavy atom. The first-order valence-electron chi connectivity index (χ1n) is 4.86. The summed E-state index contributed by atoms with van der Waals surface area (Å²) in [5.74, 6) is 0. The third kappa shape index (κ3) is 2.06. The molecule has 1 unspecified atom stereocenters. The number of ether oxygens (including phenoxy) is 2. The number of carbonyl (C=O) groups is 1. The highest BCUT2D eigenvalue weighted by atomic mass is 16.6. The molecule has 86 valence electrons. The van der Waals surface area contributed by atoms with Gasteiger partial charge in [-0.05, 0) is 6.07 Å². The van der Waals surface area contributed by atoms with Gasteiger partial charge in [0.05, 0.1) is 13.2 Å². The van der Waals surface area contributed by atoms with Crippen molar-refractivity contribution in [2.24, 2.45) is 0 Å². The fraction of sp³-hybridized carbons (Fsp3) is 0.400. The predicted molar refractivity (Wildman–Crippen MR) is 54.9 cm³/mol. The molecular weight excluding hydrogens is 212 g/mol. The lowest BCUT2D eigenvalue weighted by Gasteiger charge is -2.11. The Morgan fingerprint density at radius 3 is 3.25 bits per heavy atom. The standard InChI is InChI=1S/C10H12N2O4/c1-15-7-9-6-12(10(13)16-9)8-3-2-4-11(14)5-8/h2-5,9H,6-7H2,1H3. The molecule has 6 nitrogen and oxygen atoms in total. The molecule has 16 heavy (non-hydrogen) atoms. The first-order chi connectivity index (χ1) is 7.70. The summed E-state index contributed by atoms with van der Waals surface area (Å²) >= 11 is 0. The molecule has 1 aliphatic heterocycles. The molecule has 2 rings (SSSR count). The van der Waals surface area contributed by atoms with Gasteiger partial charge in [-0.25, -0.2) is 4.79 Å². The van der Waals surface area contributed by atoms with Gasteiger partial charge in [0, 0.05) is 13.2 Å². The van der Waals surface area contributed by atoms with Gasteiger partial charge in [-0.3, -0.25) is 4.90 Å². The van der Waals surface area contributed by atoms with Crippen LogP contribution in [0.15, 0.2) is 24.5 Å². The molecule has 1 fully saturated rings. The van der Waals surface area contributed by atoms with Gasteiger partial charge < -0.3 is 14.7 Å². The molecule has 1 aromatic heterocycles. The Morgan fingerprint density at radius 1 is 1.75 bits per heavy atom. The molecule has 0 saturated carbocycles. The van der Waals surface area contributed by atoms with E-state index in [2.05, 4.69) is 0 Å². The fourth-order valence-corrected chi connectivity index (χ4v) is 1.61. The van der Waals surface area contributed by atoms with Gasteiger partial charge in [0.2, 0.25) is 6.20 Å². The van der Waals surface area contributed by atoms with Crippen LogP contribution in [0.2, 0.25) is 0 Å². The highest BCUT2D eigenvalue weighted by Gasteiger charge is 2.33. The molecule has 0 bridgehead atoms. The van der Waals surface area contributed by atoms with Crippen molar-refractivity contribution in [2.75, 3.05) is 25.2 Å². The van der Waals surface area contributed by atoms with Gasteiger partial charge in [-0.15, -0.1) is 0 Å². The maximum atomic E-state index is 11.5. The zero-order chi connectivity index (χ0) is 11.5. The molecule has 0 aliphatic carbocycles. The van der Waals surface area contributed by atoms with Crippen molar-refractivity contribution in [3.63, 3.8) is 0 Å².